The van der Waals surface area contributed by atoms with Gasteiger partial charge in [-0.1, -0.05) is 18.2 Å². The molecule has 2 aromatic rings. The molecular formula is C11H10F3NO. The van der Waals surface area contributed by atoms with Crippen molar-refractivity contribution in [2.75, 3.05) is 6.54 Å². The second kappa shape index (κ2) is 4.17. The molecule has 2 rings (SSSR count). The van der Waals surface area contributed by atoms with Crippen molar-refractivity contribution in [1.82, 2.24) is 5.32 Å². The number of hydrogen-bond acceptors (Lipinski definition) is 2. The van der Waals surface area contributed by atoms with E-state index in [2.05, 4.69) is 5.32 Å². The average Bonchev–Trinajstić information content (AvgIpc) is 2.60. The number of benzene rings is 1. The number of furan rings is 1. The van der Waals surface area contributed by atoms with Gasteiger partial charge in [0.2, 0.25) is 0 Å². The molecule has 1 aromatic carbocycles. The summed E-state index contributed by atoms with van der Waals surface area (Å²) < 4.78 is 40.9. The van der Waals surface area contributed by atoms with Gasteiger partial charge in [-0.15, -0.1) is 0 Å². The van der Waals surface area contributed by atoms with Crippen LogP contribution in [0.25, 0.3) is 11.0 Å². The van der Waals surface area contributed by atoms with Gasteiger partial charge < -0.3 is 9.73 Å². The van der Waals surface area contributed by atoms with Crippen LogP contribution in [0, 0.1) is 0 Å². The summed E-state index contributed by atoms with van der Waals surface area (Å²) in [5.41, 5.74) is 1.42. The SMILES string of the molecule is FC(F)(F)CNCc1coc2ccccc12. The Morgan fingerprint density at radius 2 is 1.94 bits per heavy atom. The zero-order chi connectivity index (χ0) is 11.6. The summed E-state index contributed by atoms with van der Waals surface area (Å²) in [6.07, 6.45) is -2.70. The Labute approximate surface area is 90.0 Å². The summed E-state index contributed by atoms with van der Waals surface area (Å²) in [4.78, 5) is 0. The zero-order valence-corrected chi connectivity index (χ0v) is 8.34. The largest absolute Gasteiger partial charge is 0.464 e. The lowest BCUT2D eigenvalue weighted by Gasteiger charge is -2.06. The predicted molar refractivity (Wildman–Crippen MR) is 54.0 cm³/mol. The molecule has 0 bridgehead atoms. The van der Waals surface area contributed by atoms with Crippen molar-refractivity contribution < 1.29 is 17.6 Å². The highest BCUT2D eigenvalue weighted by molar-refractivity contribution is 5.80. The lowest BCUT2D eigenvalue weighted by atomic mass is 10.2. The van der Waals surface area contributed by atoms with E-state index in [1.165, 1.54) is 6.26 Å². The van der Waals surface area contributed by atoms with Gasteiger partial charge in [-0.3, -0.25) is 0 Å². The smallest absolute Gasteiger partial charge is 0.401 e. The highest BCUT2D eigenvalue weighted by Gasteiger charge is 2.26. The first kappa shape index (κ1) is 11.0. The van der Waals surface area contributed by atoms with Gasteiger partial charge in [-0.25, -0.2) is 0 Å². The average molecular weight is 229 g/mol. The van der Waals surface area contributed by atoms with Crippen LogP contribution in [0.5, 0.6) is 0 Å². The minimum absolute atomic E-state index is 0.149. The van der Waals surface area contributed by atoms with Gasteiger partial charge in [0.15, 0.2) is 0 Å². The first-order valence-electron chi connectivity index (χ1n) is 4.79. The Hall–Kier alpha value is -1.49. The summed E-state index contributed by atoms with van der Waals surface area (Å²) >= 11 is 0. The predicted octanol–water partition coefficient (Wildman–Crippen LogP) is 3.08. The number of fused-ring (bicyclic) bond motifs is 1. The molecule has 2 nitrogen and oxygen atoms in total. The fraction of sp³-hybridized carbons (Fsp3) is 0.273. The number of hydrogen-bond donors (Lipinski definition) is 1. The third-order valence-electron chi connectivity index (χ3n) is 2.20. The van der Waals surface area contributed by atoms with Crippen LogP contribution in [-0.2, 0) is 6.54 Å². The second-order valence-corrected chi connectivity index (χ2v) is 3.48. The van der Waals surface area contributed by atoms with Crippen molar-refractivity contribution in [2.24, 2.45) is 0 Å². The highest BCUT2D eigenvalue weighted by atomic mass is 19.4. The molecule has 5 heteroatoms. The van der Waals surface area contributed by atoms with Crippen LogP contribution in [-0.4, -0.2) is 12.7 Å². The Balaban J connectivity index is 2.05. The fourth-order valence-corrected chi connectivity index (χ4v) is 1.51. The molecule has 0 saturated heterocycles. The van der Waals surface area contributed by atoms with Crippen molar-refractivity contribution in [3.05, 3.63) is 36.1 Å². The maximum atomic E-state index is 11.9. The van der Waals surface area contributed by atoms with Crippen molar-refractivity contribution in [1.29, 1.82) is 0 Å². The molecule has 0 amide bonds. The Bertz CT molecular complexity index is 475. The van der Waals surface area contributed by atoms with E-state index in [-0.39, 0.29) is 6.54 Å². The highest BCUT2D eigenvalue weighted by Crippen LogP contribution is 2.20. The maximum Gasteiger partial charge on any atom is 0.401 e. The van der Waals surface area contributed by atoms with E-state index >= 15 is 0 Å². The van der Waals surface area contributed by atoms with Crippen molar-refractivity contribution in [3.8, 4) is 0 Å². The summed E-state index contributed by atoms with van der Waals surface area (Å²) in [6.45, 7) is -0.844. The first-order chi connectivity index (χ1) is 7.56. The first-order valence-corrected chi connectivity index (χ1v) is 4.79. The molecule has 0 aliphatic heterocycles. The molecule has 0 unspecified atom stereocenters. The van der Waals surface area contributed by atoms with E-state index in [0.717, 1.165) is 10.9 Å². The number of nitrogens with one attached hydrogen (secondary N) is 1. The fourth-order valence-electron chi connectivity index (χ4n) is 1.51. The molecule has 0 saturated carbocycles. The summed E-state index contributed by atoms with van der Waals surface area (Å²) in [7, 11) is 0. The number of alkyl halides is 3. The number of halogens is 3. The zero-order valence-electron chi connectivity index (χ0n) is 8.34. The van der Waals surface area contributed by atoms with E-state index in [0.29, 0.717) is 5.58 Å². The molecule has 16 heavy (non-hydrogen) atoms. The standard InChI is InChI=1S/C11H10F3NO/c12-11(13,14)7-15-5-8-6-16-10-4-2-1-3-9(8)10/h1-4,6,15H,5,7H2. The van der Waals surface area contributed by atoms with Crippen molar-refractivity contribution in [2.45, 2.75) is 12.7 Å². The number of para-hydroxylation sites is 1. The third kappa shape index (κ3) is 2.55. The van der Waals surface area contributed by atoms with Crippen LogP contribution in [0.15, 0.2) is 34.9 Å². The second-order valence-electron chi connectivity index (χ2n) is 3.48. The van der Waals surface area contributed by atoms with Crippen molar-refractivity contribution in [3.63, 3.8) is 0 Å². The maximum absolute atomic E-state index is 11.9. The van der Waals surface area contributed by atoms with Gasteiger partial charge in [0.25, 0.3) is 0 Å². The molecule has 0 aliphatic rings. The van der Waals surface area contributed by atoms with Gasteiger partial charge in [-0.05, 0) is 6.07 Å². The van der Waals surface area contributed by atoms with E-state index in [9.17, 15) is 13.2 Å². The Morgan fingerprint density at radius 3 is 2.69 bits per heavy atom. The summed E-state index contributed by atoms with van der Waals surface area (Å²) in [5.74, 6) is 0. The van der Waals surface area contributed by atoms with Gasteiger partial charge >= 0.3 is 6.18 Å². The van der Waals surface area contributed by atoms with E-state index in [4.69, 9.17) is 4.42 Å². The molecular weight excluding hydrogens is 219 g/mol. The Kier molecular flexibility index (Phi) is 2.87. The van der Waals surface area contributed by atoms with Gasteiger partial charge in [0, 0.05) is 17.5 Å². The lowest BCUT2D eigenvalue weighted by Crippen LogP contribution is -2.28. The molecule has 1 aromatic heterocycles. The summed E-state index contributed by atoms with van der Waals surface area (Å²) in [5, 5.41) is 3.18. The topological polar surface area (TPSA) is 25.2 Å². The van der Waals surface area contributed by atoms with Crippen LogP contribution >= 0.6 is 0 Å². The summed E-state index contributed by atoms with van der Waals surface area (Å²) in [6, 6.07) is 7.25. The molecule has 1 heterocycles. The normalized spacial score (nSPS) is 12.2. The van der Waals surface area contributed by atoms with Crippen LogP contribution in [0.1, 0.15) is 5.56 Å². The van der Waals surface area contributed by atoms with Crippen molar-refractivity contribution >= 4 is 11.0 Å². The molecule has 0 aliphatic carbocycles. The van der Waals surface area contributed by atoms with Gasteiger partial charge in [0.05, 0.1) is 12.8 Å². The molecule has 0 atom stereocenters. The molecule has 86 valence electrons. The monoisotopic (exact) mass is 229 g/mol. The van der Waals surface area contributed by atoms with E-state index in [1.807, 2.05) is 18.2 Å². The molecule has 1 N–H and O–H groups in total. The van der Waals surface area contributed by atoms with Crippen LogP contribution in [0.4, 0.5) is 13.2 Å². The number of rotatable bonds is 3. The van der Waals surface area contributed by atoms with E-state index in [1.54, 1.807) is 6.07 Å². The third-order valence-corrected chi connectivity index (χ3v) is 2.20. The van der Waals surface area contributed by atoms with Gasteiger partial charge in [0.1, 0.15) is 5.58 Å². The van der Waals surface area contributed by atoms with Crippen LogP contribution < -0.4 is 5.32 Å². The van der Waals surface area contributed by atoms with Crippen LogP contribution in [0.2, 0.25) is 0 Å². The van der Waals surface area contributed by atoms with E-state index < -0.39 is 12.7 Å². The minimum Gasteiger partial charge on any atom is -0.464 e. The quantitative estimate of drug-likeness (QED) is 0.874. The lowest BCUT2D eigenvalue weighted by molar-refractivity contribution is -0.125. The van der Waals surface area contributed by atoms with Crippen LogP contribution in [0.3, 0.4) is 0 Å². The molecule has 0 radical (unpaired) electrons. The molecule has 0 fully saturated rings. The Morgan fingerprint density at radius 1 is 1.19 bits per heavy atom. The van der Waals surface area contributed by atoms with Gasteiger partial charge in [-0.2, -0.15) is 13.2 Å². The minimum atomic E-state index is -4.18. The molecule has 0 spiro atoms.